The van der Waals surface area contributed by atoms with E-state index < -0.39 is 0 Å². The second-order valence-electron chi connectivity index (χ2n) is 8.03. The Hall–Kier alpha value is -1.20. The Balaban J connectivity index is 1.78. The molecule has 0 bridgehead atoms. The molecule has 25 heavy (non-hydrogen) atoms. The first-order valence-electron chi connectivity index (χ1n) is 9.18. The smallest absolute Gasteiger partial charge is 0.193 e. The zero-order chi connectivity index (χ0) is 18.3. The predicted molar refractivity (Wildman–Crippen MR) is 111 cm³/mol. The topological polar surface area (TPSA) is 30.9 Å². The van der Waals surface area contributed by atoms with Gasteiger partial charge in [0.2, 0.25) is 0 Å². The fourth-order valence-corrected chi connectivity index (χ4v) is 4.50. The standard InChI is InChI=1S/C20H34N4S/c1-20(2,16-23(4)5)15-22-19(21-3)24-12-11-17(13-24)14-25-18-9-7-6-8-10-18/h6-10,17H,11-16H2,1-5H3,(H,21,22). The molecule has 1 aliphatic rings. The van der Waals surface area contributed by atoms with Gasteiger partial charge in [0, 0.05) is 43.9 Å². The summed E-state index contributed by atoms with van der Waals surface area (Å²) in [5, 5.41) is 3.59. The molecule has 1 saturated heterocycles. The lowest BCUT2D eigenvalue weighted by atomic mass is 9.93. The molecular weight excluding hydrogens is 328 g/mol. The van der Waals surface area contributed by atoms with E-state index in [1.165, 1.54) is 17.1 Å². The molecule has 0 saturated carbocycles. The van der Waals surface area contributed by atoms with E-state index in [0.29, 0.717) is 0 Å². The summed E-state index contributed by atoms with van der Waals surface area (Å²) in [7, 11) is 6.16. The zero-order valence-electron chi connectivity index (χ0n) is 16.5. The lowest BCUT2D eigenvalue weighted by Crippen LogP contribution is -2.46. The van der Waals surface area contributed by atoms with Gasteiger partial charge in [-0.3, -0.25) is 4.99 Å². The number of rotatable bonds is 7. The number of likely N-dealkylation sites (tertiary alicyclic amines) is 1. The molecule has 140 valence electrons. The van der Waals surface area contributed by atoms with E-state index in [4.69, 9.17) is 0 Å². The minimum Gasteiger partial charge on any atom is -0.356 e. The predicted octanol–water partition coefficient (Wildman–Crippen LogP) is 3.26. The summed E-state index contributed by atoms with van der Waals surface area (Å²) in [5.41, 5.74) is 0.224. The van der Waals surface area contributed by atoms with E-state index in [2.05, 4.69) is 78.4 Å². The lowest BCUT2D eigenvalue weighted by molar-refractivity contribution is 0.239. The van der Waals surface area contributed by atoms with Gasteiger partial charge < -0.3 is 15.1 Å². The highest BCUT2D eigenvalue weighted by atomic mass is 32.2. The van der Waals surface area contributed by atoms with Gasteiger partial charge in [-0.1, -0.05) is 32.0 Å². The van der Waals surface area contributed by atoms with Crippen molar-refractivity contribution in [1.82, 2.24) is 15.1 Å². The van der Waals surface area contributed by atoms with Gasteiger partial charge >= 0.3 is 0 Å². The van der Waals surface area contributed by atoms with Crippen molar-refractivity contribution in [2.24, 2.45) is 16.3 Å². The monoisotopic (exact) mass is 362 g/mol. The Kier molecular flexibility index (Phi) is 7.63. The molecule has 1 heterocycles. The number of aliphatic imine (C=N–C) groups is 1. The summed E-state index contributed by atoms with van der Waals surface area (Å²) in [4.78, 5) is 10.6. The second-order valence-corrected chi connectivity index (χ2v) is 9.12. The van der Waals surface area contributed by atoms with Crippen molar-refractivity contribution >= 4 is 17.7 Å². The molecule has 1 N–H and O–H groups in total. The molecule has 1 atom stereocenters. The van der Waals surface area contributed by atoms with Crippen LogP contribution in [0.1, 0.15) is 20.3 Å². The molecule has 1 unspecified atom stereocenters. The summed E-state index contributed by atoms with van der Waals surface area (Å²) in [5.74, 6) is 2.97. The zero-order valence-corrected chi connectivity index (χ0v) is 17.3. The van der Waals surface area contributed by atoms with Crippen molar-refractivity contribution in [2.75, 3.05) is 53.1 Å². The van der Waals surface area contributed by atoms with Crippen molar-refractivity contribution in [3.63, 3.8) is 0 Å². The minimum atomic E-state index is 0.224. The molecular formula is C20H34N4S. The Bertz CT molecular complexity index is 542. The van der Waals surface area contributed by atoms with Gasteiger partial charge in [-0.15, -0.1) is 11.8 Å². The van der Waals surface area contributed by atoms with Crippen molar-refractivity contribution in [2.45, 2.75) is 25.2 Å². The van der Waals surface area contributed by atoms with Crippen molar-refractivity contribution in [3.05, 3.63) is 30.3 Å². The molecule has 5 heteroatoms. The highest BCUT2D eigenvalue weighted by Gasteiger charge is 2.26. The first-order valence-corrected chi connectivity index (χ1v) is 10.2. The molecule has 1 aliphatic heterocycles. The maximum atomic E-state index is 4.52. The van der Waals surface area contributed by atoms with Crippen LogP contribution in [-0.2, 0) is 0 Å². The fraction of sp³-hybridized carbons (Fsp3) is 0.650. The third-order valence-corrected chi connectivity index (χ3v) is 5.74. The van der Waals surface area contributed by atoms with Crippen LogP contribution in [0.3, 0.4) is 0 Å². The van der Waals surface area contributed by atoms with Crippen molar-refractivity contribution in [3.8, 4) is 0 Å². The summed E-state index contributed by atoms with van der Waals surface area (Å²) in [6.45, 7) is 8.82. The normalized spacial score (nSPS) is 18.9. The minimum absolute atomic E-state index is 0.224. The second kappa shape index (κ2) is 9.48. The number of thioether (sulfide) groups is 1. The van der Waals surface area contributed by atoms with Crippen molar-refractivity contribution in [1.29, 1.82) is 0 Å². The first kappa shape index (κ1) is 20.1. The fourth-order valence-electron chi connectivity index (χ4n) is 3.45. The molecule has 0 aromatic heterocycles. The van der Waals surface area contributed by atoms with Crippen LogP contribution in [0.2, 0.25) is 0 Å². The highest BCUT2D eigenvalue weighted by molar-refractivity contribution is 7.99. The molecule has 0 amide bonds. The van der Waals surface area contributed by atoms with Crippen LogP contribution in [-0.4, -0.2) is 68.8 Å². The Labute approximate surface area is 158 Å². The molecule has 2 rings (SSSR count). The number of nitrogens with one attached hydrogen (secondary N) is 1. The number of guanidine groups is 1. The van der Waals surface area contributed by atoms with Gasteiger partial charge in [-0.2, -0.15) is 0 Å². The van der Waals surface area contributed by atoms with E-state index in [1.54, 1.807) is 0 Å². The molecule has 4 nitrogen and oxygen atoms in total. The van der Waals surface area contributed by atoms with Crippen LogP contribution in [0.15, 0.2) is 40.2 Å². The molecule has 1 fully saturated rings. The van der Waals surface area contributed by atoms with Gasteiger partial charge in [0.1, 0.15) is 0 Å². The largest absolute Gasteiger partial charge is 0.356 e. The number of nitrogens with zero attached hydrogens (tertiary/aromatic N) is 3. The summed E-state index contributed by atoms with van der Waals surface area (Å²) in [6, 6.07) is 10.7. The van der Waals surface area contributed by atoms with Gasteiger partial charge in [0.05, 0.1) is 0 Å². The van der Waals surface area contributed by atoms with Crippen LogP contribution >= 0.6 is 11.8 Å². The molecule has 1 aromatic carbocycles. The average molecular weight is 363 g/mol. The van der Waals surface area contributed by atoms with Crippen LogP contribution in [0.4, 0.5) is 0 Å². The quantitative estimate of drug-likeness (QED) is 0.458. The number of hydrogen-bond acceptors (Lipinski definition) is 3. The number of hydrogen-bond donors (Lipinski definition) is 1. The van der Waals surface area contributed by atoms with Gasteiger partial charge in [0.25, 0.3) is 0 Å². The Morgan fingerprint density at radius 2 is 2.04 bits per heavy atom. The maximum Gasteiger partial charge on any atom is 0.193 e. The molecule has 0 radical (unpaired) electrons. The number of benzene rings is 1. The molecule has 0 spiro atoms. The van der Waals surface area contributed by atoms with E-state index in [1.807, 2.05) is 18.8 Å². The maximum absolute atomic E-state index is 4.52. The Morgan fingerprint density at radius 3 is 2.68 bits per heavy atom. The first-order chi connectivity index (χ1) is 11.9. The van der Waals surface area contributed by atoms with E-state index in [9.17, 15) is 0 Å². The van der Waals surface area contributed by atoms with Crippen LogP contribution in [0.5, 0.6) is 0 Å². The highest BCUT2D eigenvalue weighted by Crippen LogP contribution is 2.26. The summed E-state index contributed by atoms with van der Waals surface area (Å²) < 4.78 is 0. The SMILES string of the molecule is CN=C(NCC(C)(C)CN(C)C)N1CCC(CSc2ccccc2)C1. The average Bonchev–Trinajstić information content (AvgIpc) is 3.02. The third-order valence-electron chi connectivity index (χ3n) is 4.50. The lowest BCUT2D eigenvalue weighted by Gasteiger charge is -2.31. The summed E-state index contributed by atoms with van der Waals surface area (Å²) >= 11 is 1.97. The van der Waals surface area contributed by atoms with Gasteiger partial charge in [-0.05, 0) is 44.0 Å². The van der Waals surface area contributed by atoms with E-state index in [0.717, 1.165) is 38.1 Å². The molecule has 0 aliphatic carbocycles. The van der Waals surface area contributed by atoms with Gasteiger partial charge in [0.15, 0.2) is 5.96 Å². The van der Waals surface area contributed by atoms with E-state index >= 15 is 0 Å². The third kappa shape index (κ3) is 6.90. The Morgan fingerprint density at radius 1 is 1.32 bits per heavy atom. The van der Waals surface area contributed by atoms with Crippen LogP contribution in [0.25, 0.3) is 0 Å². The van der Waals surface area contributed by atoms with Crippen LogP contribution < -0.4 is 5.32 Å². The van der Waals surface area contributed by atoms with Crippen LogP contribution in [0, 0.1) is 11.3 Å². The van der Waals surface area contributed by atoms with Crippen molar-refractivity contribution < 1.29 is 0 Å². The molecule has 1 aromatic rings. The van der Waals surface area contributed by atoms with Gasteiger partial charge in [-0.25, -0.2) is 0 Å². The summed E-state index contributed by atoms with van der Waals surface area (Å²) in [6.07, 6.45) is 1.25. The van der Waals surface area contributed by atoms with E-state index in [-0.39, 0.29) is 5.41 Å².